The van der Waals surface area contributed by atoms with Crippen LogP contribution in [0.1, 0.15) is 34.6 Å². The smallest absolute Gasteiger partial charge is 0.0577 e. The van der Waals surface area contributed by atoms with Crippen LogP contribution in [-0.2, 0) is 0 Å². The molecule has 0 N–H and O–H groups in total. The van der Waals surface area contributed by atoms with Crippen LogP contribution in [0, 0.1) is 0 Å². The van der Waals surface area contributed by atoms with Gasteiger partial charge in [-0.3, -0.25) is 4.99 Å². The Hall–Kier alpha value is -0.590. The molecule has 1 heteroatoms. The summed E-state index contributed by atoms with van der Waals surface area (Å²) in [5, 5.41) is 0. The molecule has 0 saturated carbocycles. The summed E-state index contributed by atoms with van der Waals surface area (Å²) in [7, 11) is 0. The van der Waals surface area contributed by atoms with Crippen molar-refractivity contribution in [2.24, 2.45) is 4.99 Å². The quantitative estimate of drug-likeness (QED) is 0.491. The van der Waals surface area contributed by atoms with Crippen LogP contribution in [0.2, 0.25) is 0 Å². The number of hydrogen-bond acceptors (Lipinski definition) is 1. The Labute approximate surface area is 64.9 Å². The van der Waals surface area contributed by atoms with Crippen molar-refractivity contribution >= 4 is 5.71 Å². The molecule has 0 atom stereocenters. The Morgan fingerprint density at radius 1 is 1.20 bits per heavy atom. The molecule has 0 aliphatic carbocycles. The van der Waals surface area contributed by atoms with E-state index in [1.54, 1.807) is 0 Å². The number of hydrogen-bond donors (Lipinski definition) is 0. The Kier molecular flexibility index (Phi) is 13.6. The van der Waals surface area contributed by atoms with Gasteiger partial charge < -0.3 is 0 Å². The molecule has 0 amide bonds. The van der Waals surface area contributed by atoms with Gasteiger partial charge in [-0.1, -0.05) is 33.8 Å². The summed E-state index contributed by atoms with van der Waals surface area (Å²) >= 11 is 0. The molecular weight excluding hydrogens is 122 g/mol. The standard InChI is InChI=1S/C5H7N.2C2H6/c1-5-3-2-4-6-5;2*1-2/h2-3H,4H2,1H3;2*1-2H3. The molecule has 1 rings (SSSR count). The van der Waals surface area contributed by atoms with E-state index in [1.807, 2.05) is 40.7 Å². The van der Waals surface area contributed by atoms with Crippen LogP contribution in [0.25, 0.3) is 0 Å². The van der Waals surface area contributed by atoms with Gasteiger partial charge in [0.2, 0.25) is 0 Å². The van der Waals surface area contributed by atoms with Gasteiger partial charge in [-0.05, 0) is 13.0 Å². The molecule has 10 heavy (non-hydrogen) atoms. The minimum atomic E-state index is 0.895. The molecule has 1 heterocycles. The molecule has 1 nitrogen and oxygen atoms in total. The SMILES string of the molecule is CC.CC.CC1=NCC=C1. The fourth-order valence-corrected chi connectivity index (χ4v) is 0.473. The monoisotopic (exact) mass is 141 g/mol. The number of nitrogens with zero attached hydrogens (tertiary/aromatic N) is 1. The molecule has 1 aliphatic heterocycles. The van der Waals surface area contributed by atoms with Crippen molar-refractivity contribution in [2.75, 3.05) is 6.54 Å². The van der Waals surface area contributed by atoms with Crippen molar-refractivity contribution < 1.29 is 0 Å². The molecule has 0 fully saturated rings. The first-order valence-electron chi connectivity index (χ1n) is 4.07. The topological polar surface area (TPSA) is 12.4 Å². The highest BCUT2D eigenvalue weighted by Gasteiger charge is 1.85. The lowest BCUT2D eigenvalue weighted by Gasteiger charge is -1.72. The van der Waals surface area contributed by atoms with Gasteiger partial charge in [0.25, 0.3) is 0 Å². The van der Waals surface area contributed by atoms with Gasteiger partial charge in [-0.25, -0.2) is 0 Å². The first-order valence-corrected chi connectivity index (χ1v) is 4.07. The van der Waals surface area contributed by atoms with Gasteiger partial charge in [0.15, 0.2) is 0 Å². The second-order valence-electron chi connectivity index (χ2n) is 1.38. The maximum Gasteiger partial charge on any atom is 0.0577 e. The van der Waals surface area contributed by atoms with Crippen LogP contribution in [0.5, 0.6) is 0 Å². The van der Waals surface area contributed by atoms with Gasteiger partial charge in [-0.15, -0.1) is 0 Å². The third-order valence-corrected chi connectivity index (χ3v) is 0.805. The highest BCUT2D eigenvalue weighted by Crippen LogP contribution is 1.89. The van der Waals surface area contributed by atoms with Gasteiger partial charge in [-0.2, -0.15) is 0 Å². The second kappa shape index (κ2) is 11.2. The molecule has 0 unspecified atom stereocenters. The van der Waals surface area contributed by atoms with Crippen LogP contribution >= 0.6 is 0 Å². The molecule has 0 bridgehead atoms. The van der Waals surface area contributed by atoms with E-state index in [4.69, 9.17) is 0 Å². The minimum absolute atomic E-state index is 0.895. The molecule has 1 aliphatic rings. The molecule has 0 saturated heterocycles. The maximum atomic E-state index is 4.04. The maximum absolute atomic E-state index is 4.04. The average molecular weight is 141 g/mol. The van der Waals surface area contributed by atoms with Crippen molar-refractivity contribution in [3.05, 3.63) is 12.2 Å². The van der Waals surface area contributed by atoms with Crippen molar-refractivity contribution in [3.8, 4) is 0 Å². The summed E-state index contributed by atoms with van der Waals surface area (Å²) in [6.07, 6.45) is 4.08. The lowest BCUT2D eigenvalue weighted by Crippen LogP contribution is -1.73. The fraction of sp³-hybridized carbons (Fsp3) is 0.667. The zero-order valence-electron chi connectivity index (χ0n) is 7.81. The predicted molar refractivity (Wildman–Crippen MR) is 49.8 cm³/mol. The van der Waals surface area contributed by atoms with E-state index in [-0.39, 0.29) is 0 Å². The van der Waals surface area contributed by atoms with Crippen LogP contribution in [0.4, 0.5) is 0 Å². The van der Waals surface area contributed by atoms with Gasteiger partial charge in [0, 0.05) is 5.71 Å². The molecule has 0 aromatic rings. The van der Waals surface area contributed by atoms with Crippen molar-refractivity contribution in [1.82, 2.24) is 0 Å². The summed E-state index contributed by atoms with van der Waals surface area (Å²) in [5.74, 6) is 0. The highest BCUT2D eigenvalue weighted by atomic mass is 14.7. The Morgan fingerprint density at radius 2 is 1.70 bits per heavy atom. The lowest BCUT2D eigenvalue weighted by atomic mass is 10.4. The van der Waals surface area contributed by atoms with Crippen LogP contribution in [0.15, 0.2) is 17.1 Å². The summed E-state index contributed by atoms with van der Waals surface area (Å²) in [6, 6.07) is 0. The summed E-state index contributed by atoms with van der Waals surface area (Å²) < 4.78 is 0. The molecular formula is C9H19N. The number of rotatable bonds is 0. The molecule has 0 radical (unpaired) electrons. The Bertz CT molecular complexity index is 98.5. The van der Waals surface area contributed by atoms with Gasteiger partial charge >= 0.3 is 0 Å². The second-order valence-corrected chi connectivity index (χ2v) is 1.38. The number of aliphatic imine (C=N–C) groups is 1. The van der Waals surface area contributed by atoms with Crippen LogP contribution in [0.3, 0.4) is 0 Å². The van der Waals surface area contributed by atoms with E-state index < -0.39 is 0 Å². The third kappa shape index (κ3) is 7.41. The van der Waals surface area contributed by atoms with E-state index in [2.05, 4.69) is 11.1 Å². The average Bonchev–Trinajstić information content (AvgIpc) is 2.48. The molecule has 0 aromatic heterocycles. The summed E-state index contributed by atoms with van der Waals surface area (Å²) in [5.41, 5.74) is 1.15. The predicted octanol–water partition coefficient (Wildman–Crippen LogP) is 3.07. The molecule has 60 valence electrons. The van der Waals surface area contributed by atoms with Gasteiger partial charge in [0.05, 0.1) is 6.54 Å². The minimum Gasteiger partial charge on any atom is -0.286 e. The first kappa shape index (κ1) is 12.1. The summed E-state index contributed by atoms with van der Waals surface area (Å²) in [6.45, 7) is 10.9. The zero-order valence-corrected chi connectivity index (χ0v) is 7.81. The van der Waals surface area contributed by atoms with E-state index in [9.17, 15) is 0 Å². The van der Waals surface area contributed by atoms with Gasteiger partial charge in [0.1, 0.15) is 0 Å². The number of allylic oxidation sites excluding steroid dienone is 1. The Morgan fingerprint density at radius 3 is 1.80 bits per heavy atom. The third-order valence-electron chi connectivity index (χ3n) is 0.805. The van der Waals surface area contributed by atoms with Crippen LogP contribution in [-0.4, -0.2) is 12.3 Å². The first-order chi connectivity index (χ1) is 4.89. The van der Waals surface area contributed by atoms with E-state index >= 15 is 0 Å². The fourth-order valence-electron chi connectivity index (χ4n) is 0.473. The van der Waals surface area contributed by atoms with Crippen molar-refractivity contribution in [3.63, 3.8) is 0 Å². The van der Waals surface area contributed by atoms with Crippen molar-refractivity contribution in [2.45, 2.75) is 34.6 Å². The largest absolute Gasteiger partial charge is 0.286 e. The zero-order chi connectivity index (χ0) is 8.41. The van der Waals surface area contributed by atoms with E-state index in [0.717, 1.165) is 12.3 Å². The van der Waals surface area contributed by atoms with E-state index in [1.165, 1.54) is 0 Å². The van der Waals surface area contributed by atoms with Crippen molar-refractivity contribution in [1.29, 1.82) is 0 Å². The molecule has 0 spiro atoms. The Balaban J connectivity index is 0. The normalized spacial score (nSPS) is 12.3. The molecule has 0 aromatic carbocycles. The lowest BCUT2D eigenvalue weighted by molar-refractivity contribution is 1.28. The van der Waals surface area contributed by atoms with E-state index in [0.29, 0.717) is 0 Å². The highest BCUT2D eigenvalue weighted by molar-refractivity contribution is 5.94. The summed E-state index contributed by atoms with van der Waals surface area (Å²) in [4.78, 5) is 4.04. The van der Waals surface area contributed by atoms with Crippen LogP contribution < -0.4 is 0 Å².